The first-order chi connectivity index (χ1) is 5.65. The van der Waals surface area contributed by atoms with E-state index in [-0.39, 0.29) is 15.1 Å². The summed E-state index contributed by atoms with van der Waals surface area (Å²) < 4.78 is 12.9. The van der Waals surface area contributed by atoms with Crippen molar-refractivity contribution in [3.63, 3.8) is 0 Å². The predicted molar refractivity (Wildman–Crippen MR) is 47.2 cm³/mol. The zero-order valence-corrected chi connectivity index (χ0v) is 8.12. The third kappa shape index (κ3) is 1.90. The van der Waals surface area contributed by atoms with Crippen molar-refractivity contribution in [3.05, 3.63) is 22.4 Å². The highest BCUT2D eigenvalue weighted by Crippen LogP contribution is 2.35. The molecule has 62 valence electrons. The number of hydrogen-bond acceptors (Lipinski definition) is 3. The largest absolute Gasteiger partial charge is 0.506 e. The Morgan fingerprint density at radius 3 is 2.83 bits per heavy atom. The van der Waals surface area contributed by atoms with Gasteiger partial charge in [-0.2, -0.15) is 5.26 Å². The second-order valence-electron chi connectivity index (χ2n) is 1.93. The monoisotopic (exact) mass is 247 g/mol. The Morgan fingerprint density at radius 2 is 2.25 bits per heavy atom. The summed E-state index contributed by atoms with van der Waals surface area (Å²) in [7, 11) is 0. The van der Waals surface area contributed by atoms with Gasteiger partial charge in [0, 0.05) is 0 Å². The molecule has 1 aromatic carbocycles. The van der Waals surface area contributed by atoms with Gasteiger partial charge < -0.3 is 5.11 Å². The van der Waals surface area contributed by atoms with Gasteiger partial charge in [-0.3, -0.25) is 0 Å². The lowest BCUT2D eigenvalue weighted by Crippen LogP contribution is -1.79. The number of aromatic hydroxyl groups is 1. The van der Waals surface area contributed by atoms with Crippen LogP contribution >= 0.6 is 27.7 Å². The third-order valence-electron chi connectivity index (χ3n) is 1.15. The topological polar surface area (TPSA) is 44.0 Å². The molecule has 1 rings (SSSR count). The summed E-state index contributed by atoms with van der Waals surface area (Å²) in [6.45, 7) is 0. The van der Waals surface area contributed by atoms with Gasteiger partial charge in [-0.1, -0.05) is 0 Å². The first kappa shape index (κ1) is 9.36. The van der Waals surface area contributed by atoms with Gasteiger partial charge in [0.1, 0.15) is 17.0 Å². The van der Waals surface area contributed by atoms with Crippen molar-refractivity contribution in [1.82, 2.24) is 0 Å². The minimum Gasteiger partial charge on any atom is -0.506 e. The third-order valence-corrected chi connectivity index (χ3v) is 2.38. The van der Waals surface area contributed by atoms with Crippen molar-refractivity contribution in [2.45, 2.75) is 4.90 Å². The van der Waals surface area contributed by atoms with Gasteiger partial charge in [0.05, 0.1) is 9.37 Å². The van der Waals surface area contributed by atoms with Crippen molar-refractivity contribution in [1.29, 1.82) is 5.26 Å². The van der Waals surface area contributed by atoms with Crippen LogP contribution < -0.4 is 0 Å². The van der Waals surface area contributed by atoms with Crippen molar-refractivity contribution >= 4 is 27.7 Å². The first-order valence-corrected chi connectivity index (χ1v) is 4.50. The van der Waals surface area contributed by atoms with Gasteiger partial charge >= 0.3 is 0 Å². The zero-order valence-electron chi connectivity index (χ0n) is 5.71. The highest BCUT2D eigenvalue weighted by atomic mass is 79.9. The molecule has 0 saturated carbocycles. The number of hydrogen-bond donors (Lipinski definition) is 1. The van der Waals surface area contributed by atoms with Crippen LogP contribution in [0.5, 0.6) is 5.75 Å². The SMILES string of the molecule is N#CSc1cc(F)cc(Br)c1O. The summed E-state index contributed by atoms with van der Waals surface area (Å²) in [5, 5.41) is 19.3. The summed E-state index contributed by atoms with van der Waals surface area (Å²) in [5.74, 6) is -0.597. The Labute approximate surface area is 81.1 Å². The molecule has 0 aromatic heterocycles. The molecule has 12 heavy (non-hydrogen) atoms. The van der Waals surface area contributed by atoms with Gasteiger partial charge in [0.25, 0.3) is 0 Å². The Morgan fingerprint density at radius 1 is 1.58 bits per heavy atom. The molecule has 0 aliphatic rings. The maximum atomic E-state index is 12.7. The maximum absolute atomic E-state index is 12.7. The first-order valence-electron chi connectivity index (χ1n) is 2.89. The van der Waals surface area contributed by atoms with Crippen LogP contribution in [0.4, 0.5) is 4.39 Å². The molecule has 0 atom stereocenters. The molecule has 5 heteroatoms. The van der Waals surface area contributed by atoms with E-state index in [0.717, 1.165) is 12.1 Å². The van der Waals surface area contributed by atoms with E-state index < -0.39 is 5.82 Å². The predicted octanol–water partition coefficient (Wildman–Crippen LogP) is 2.87. The molecule has 0 aliphatic heterocycles. The lowest BCUT2D eigenvalue weighted by molar-refractivity contribution is 0.455. The number of benzene rings is 1. The van der Waals surface area contributed by atoms with Crippen molar-refractivity contribution in [2.75, 3.05) is 0 Å². The standard InChI is InChI=1S/C7H3BrFNOS/c8-5-1-4(9)2-6(7(5)11)12-3-10/h1-2,11H. The average molecular weight is 248 g/mol. The smallest absolute Gasteiger partial charge is 0.144 e. The quantitative estimate of drug-likeness (QED) is 0.613. The van der Waals surface area contributed by atoms with Gasteiger partial charge in [0.15, 0.2) is 0 Å². The van der Waals surface area contributed by atoms with E-state index in [4.69, 9.17) is 5.26 Å². The number of thiocyanates is 1. The van der Waals surface area contributed by atoms with Crippen LogP contribution in [-0.4, -0.2) is 5.11 Å². The minimum atomic E-state index is -0.488. The molecule has 0 spiro atoms. The summed E-state index contributed by atoms with van der Waals surface area (Å²) in [6.07, 6.45) is 0. The molecule has 0 unspecified atom stereocenters. The van der Waals surface area contributed by atoms with Crippen LogP contribution in [0, 0.1) is 16.5 Å². The number of thioether (sulfide) groups is 1. The summed E-state index contributed by atoms with van der Waals surface area (Å²) in [4.78, 5) is 0.212. The molecule has 0 bridgehead atoms. The van der Waals surface area contributed by atoms with Crippen molar-refractivity contribution < 1.29 is 9.50 Å². The van der Waals surface area contributed by atoms with Crippen molar-refractivity contribution in [2.24, 2.45) is 0 Å². The average Bonchev–Trinajstić information content (AvgIpc) is 2.00. The summed E-state index contributed by atoms with van der Waals surface area (Å²) >= 11 is 3.67. The Bertz CT molecular complexity index is 350. The van der Waals surface area contributed by atoms with E-state index in [2.05, 4.69) is 15.9 Å². The van der Waals surface area contributed by atoms with Crippen molar-refractivity contribution in [3.8, 4) is 11.2 Å². The van der Waals surface area contributed by atoms with Crippen LogP contribution in [0.3, 0.4) is 0 Å². The fraction of sp³-hybridized carbons (Fsp3) is 0. The highest BCUT2D eigenvalue weighted by Gasteiger charge is 2.08. The zero-order chi connectivity index (χ0) is 9.14. The summed E-state index contributed by atoms with van der Waals surface area (Å²) in [5.41, 5.74) is 0. The normalized spacial score (nSPS) is 9.42. The number of phenols is 1. The summed E-state index contributed by atoms with van der Waals surface area (Å²) in [6, 6.07) is 2.24. The van der Waals surface area contributed by atoms with E-state index in [1.807, 2.05) is 0 Å². The molecule has 0 amide bonds. The lowest BCUT2D eigenvalue weighted by atomic mass is 10.3. The minimum absolute atomic E-state index is 0.108. The van der Waals surface area contributed by atoms with E-state index in [9.17, 15) is 9.50 Å². The van der Waals surface area contributed by atoms with E-state index in [0.29, 0.717) is 11.8 Å². The molecule has 1 N–H and O–H groups in total. The fourth-order valence-corrected chi connectivity index (χ4v) is 1.71. The maximum Gasteiger partial charge on any atom is 0.144 e. The number of nitriles is 1. The number of rotatable bonds is 1. The van der Waals surface area contributed by atoms with Gasteiger partial charge in [-0.25, -0.2) is 4.39 Å². The van der Waals surface area contributed by atoms with Gasteiger partial charge in [-0.15, -0.1) is 0 Å². The molecule has 0 fully saturated rings. The lowest BCUT2D eigenvalue weighted by Gasteiger charge is -2.01. The second kappa shape index (κ2) is 3.78. The molecular formula is C7H3BrFNOS. The van der Waals surface area contributed by atoms with Gasteiger partial charge in [-0.05, 0) is 39.8 Å². The van der Waals surface area contributed by atoms with Crippen LogP contribution in [-0.2, 0) is 0 Å². The highest BCUT2D eigenvalue weighted by molar-refractivity contribution is 9.10. The molecule has 0 saturated heterocycles. The Hall–Kier alpha value is -0.730. The van der Waals surface area contributed by atoms with E-state index in [1.165, 1.54) is 0 Å². The second-order valence-corrected chi connectivity index (χ2v) is 3.61. The molecule has 0 radical (unpaired) electrons. The van der Waals surface area contributed by atoms with Crippen LogP contribution in [0.2, 0.25) is 0 Å². The molecule has 0 heterocycles. The number of halogens is 2. The Kier molecular flexibility index (Phi) is 2.95. The van der Waals surface area contributed by atoms with Crippen LogP contribution in [0.1, 0.15) is 0 Å². The van der Waals surface area contributed by atoms with Crippen LogP contribution in [0.15, 0.2) is 21.5 Å². The molecule has 2 nitrogen and oxygen atoms in total. The Balaban J connectivity index is 3.20. The van der Waals surface area contributed by atoms with E-state index >= 15 is 0 Å². The molecular weight excluding hydrogens is 245 g/mol. The molecule has 0 aliphatic carbocycles. The van der Waals surface area contributed by atoms with Crippen LogP contribution in [0.25, 0.3) is 0 Å². The number of phenolic OH excluding ortho intramolecular Hbond substituents is 1. The molecule has 1 aromatic rings. The fourth-order valence-electron chi connectivity index (χ4n) is 0.669. The van der Waals surface area contributed by atoms with E-state index in [1.54, 1.807) is 5.40 Å². The number of nitrogens with zero attached hydrogens (tertiary/aromatic N) is 1. The van der Waals surface area contributed by atoms with Gasteiger partial charge in [0.2, 0.25) is 0 Å².